The van der Waals surface area contributed by atoms with Gasteiger partial charge in [-0.2, -0.15) is 0 Å². The summed E-state index contributed by atoms with van der Waals surface area (Å²) < 4.78 is 7.59. The lowest BCUT2D eigenvalue weighted by Crippen LogP contribution is -2.36. The Bertz CT molecular complexity index is 1140. The Hall–Kier alpha value is -2.66. The fourth-order valence-electron chi connectivity index (χ4n) is 2.51. The van der Waals surface area contributed by atoms with Crippen molar-refractivity contribution in [3.63, 3.8) is 0 Å². The highest BCUT2D eigenvalue weighted by atomic mass is 79.9. The number of H-pyrrole nitrogens is 1. The maximum Gasteiger partial charge on any atom is 0.329 e. The number of nitrogens with two attached hydrogens (primary N) is 1. The highest BCUT2D eigenvalue weighted by Crippen LogP contribution is 2.25. The summed E-state index contributed by atoms with van der Waals surface area (Å²) in [5, 5.41) is 8.04. The molecule has 3 rings (SSSR count). The van der Waals surface area contributed by atoms with Gasteiger partial charge in [-0.15, -0.1) is 10.2 Å². The molecule has 0 unspecified atom stereocenters. The highest BCUT2D eigenvalue weighted by Gasteiger charge is 2.20. The molecule has 3 aromatic rings. The minimum Gasteiger partial charge on any atom is -0.411 e. The first-order valence-corrected chi connectivity index (χ1v) is 10.1. The number of aromatic amines is 1. The zero-order chi connectivity index (χ0) is 20.3. The van der Waals surface area contributed by atoms with Crippen molar-refractivity contribution >= 4 is 39.3 Å². The number of rotatable bonds is 7. The Kier molecular flexibility index (Phi) is 6.15. The molecule has 0 spiro atoms. The number of Topliss-reactive ketones (excluding diaryl/α,β-unsaturated/α-hetero) is 1. The van der Waals surface area contributed by atoms with Crippen LogP contribution in [0.15, 0.2) is 48.0 Å². The van der Waals surface area contributed by atoms with Crippen LogP contribution in [0.3, 0.4) is 0 Å². The first kappa shape index (κ1) is 20.1. The number of aromatic nitrogens is 4. The SMILES string of the molecule is CCCn1c(N)c(C(=O)CSc2nnc(-c3cccc(Br)c3)o2)c(=O)[nH]c1=O. The molecule has 1 aromatic carbocycles. The van der Waals surface area contributed by atoms with Crippen molar-refractivity contribution in [3.8, 4) is 11.5 Å². The number of nitrogens with zero attached hydrogens (tertiary/aromatic N) is 3. The lowest BCUT2D eigenvalue weighted by Gasteiger charge is -2.10. The summed E-state index contributed by atoms with van der Waals surface area (Å²) in [6, 6.07) is 7.34. The van der Waals surface area contributed by atoms with Crippen LogP contribution in [-0.2, 0) is 6.54 Å². The Balaban J connectivity index is 1.77. The van der Waals surface area contributed by atoms with Gasteiger partial charge in [0, 0.05) is 16.6 Å². The quantitative estimate of drug-likeness (QED) is 0.400. The number of thioether (sulfide) groups is 1. The minimum atomic E-state index is -0.805. The van der Waals surface area contributed by atoms with E-state index < -0.39 is 17.0 Å². The number of nitrogens with one attached hydrogen (secondary N) is 1. The number of nitrogen functional groups attached to an aromatic ring is 1. The largest absolute Gasteiger partial charge is 0.411 e. The number of benzene rings is 1. The smallest absolute Gasteiger partial charge is 0.329 e. The molecule has 0 aliphatic heterocycles. The van der Waals surface area contributed by atoms with Gasteiger partial charge in [0.2, 0.25) is 5.89 Å². The number of carbonyl (C=O) groups excluding carboxylic acids is 1. The molecule has 0 saturated heterocycles. The third-order valence-corrected chi connectivity index (χ3v) is 5.08. The number of carbonyl (C=O) groups is 1. The molecular weight excluding hydrogens is 450 g/mol. The van der Waals surface area contributed by atoms with E-state index in [0.717, 1.165) is 21.8 Å². The second kappa shape index (κ2) is 8.57. The standard InChI is InChI=1S/C17H16BrN5O4S/c1-2-6-23-13(19)12(14(25)20-16(23)26)11(24)8-28-17-22-21-15(27-17)9-4-3-5-10(18)7-9/h3-5,7H,2,6,8,19H2,1H3,(H,20,25,26). The van der Waals surface area contributed by atoms with Crippen LogP contribution in [0.1, 0.15) is 23.7 Å². The molecule has 3 N–H and O–H groups in total. The van der Waals surface area contributed by atoms with Crippen LogP contribution in [0.25, 0.3) is 11.5 Å². The van der Waals surface area contributed by atoms with Crippen molar-refractivity contribution in [1.82, 2.24) is 19.7 Å². The van der Waals surface area contributed by atoms with Gasteiger partial charge in [-0.1, -0.05) is 40.7 Å². The maximum absolute atomic E-state index is 12.5. The molecule has 0 bridgehead atoms. The van der Waals surface area contributed by atoms with Gasteiger partial charge in [0.05, 0.1) is 5.75 Å². The van der Waals surface area contributed by atoms with Gasteiger partial charge in [-0.05, 0) is 24.6 Å². The molecule has 11 heteroatoms. The number of halogens is 1. The van der Waals surface area contributed by atoms with Crippen molar-refractivity contribution in [2.45, 2.75) is 25.1 Å². The van der Waals surface area contributed by atoms with Crippen LogP contribution in [0.2, 0.25) is 0 Å². The van der Waals surface area contributed by atoms with E-state index in [9.17, 15) is 14.4 Å². The van der Waals surface area contributed by atoms with Crippen molar-refractivity contribution < 1.29 is 9.21 Å². The van der Waals surface area contributed by atoms with Gasteiger partial charge >= 0.3 is 5.69 Å². The fraction of sp³-hybridized carbons (Fsp3) is 0.235. The van der Waals surface area contributed by atoms with Gasteiger partial charge in [-0.3, -0.25) is 19.1 Å². The van der Waals surface area contributed by atoms with E-state index in [-0.39, 0.29) is 22.4 Å². The normalized spacial score (nSPS) is 10.9. The molecule has 9 nitrogen and oxygen atoms in total. The number of anilines is 1. The van der Waals surface area contributed by atoms with Gasteiger partial charge in [-0.25, -0.2) is 4.79 Å². The number of hydrogen-bond donors (Lipinski definition) is 2. The molecule has 28 heavy (non-hydrogen) atoms. The molecule has 0 amide bonds. The molecule has 0 aliphatic carbocycles. The van der Waals surface area contributed by atoms with Crippen LogP contribution in [0.4, 0.5) is 5.82 Å². The van der Waals surface area contributed by atoms with Gasteiger partial charge in [0.15, 0.2) is 5.78 Å². The Morgan fingerprint density at radius 3 is 2.86 bits per heavy atom. The Morgan fingerprint density at radius 2 is 2.14 bits per heavy atom. The second-order valence-electron chi connectivity index (χ2n) is 5.77. The van der Waals surface area contributed by atoms with Crippen molar-refractivity contribution in [2.75, 3.05) is 11.5 Å². The first-order chi connectivity index (χ1) is 13.4. The summed E-state index contributed by atoms with van der Waals surface area (Å²) >= 11 is 4.36. The molecule has 0 fully saturated rings. The van der Waals surface area contributed by atoms with E-state index >= 15 is 0 Å². The fourth-order valence-corrected chi connectivity index (χ4v) is 3.54. The van der Waals surface area contributed by atoms with Gasteiger partial charge < -0.3 is 10.2 Å². The number of ketones is 1. The summed E-state index contributed by atoms with van der Waals surface area (Å²) in [5.41, 5.74) is 4.94. The van der Waals surface area contributed by atoms with Gasteiger partial charge in [0.25, 0.3) is 10.8 Å². The van der Waals surface area contributed by atoms with Gasteiger partial charge in [0.1, 0.15) is 11.4 Å². The van der Waals surface area contributed by atoms with Crippen molar-refractivity contribution in [3.05, 3.63) is 55.1 Å². The van der Waals surface area contributed by atoms with Crippen LogP contribution >= 0.6 is 27.7 Å². The Morgan fingerprint density at radius 1 is 1.36 bits per heavy atom. The van der Waals surface area contributed by atoms with Crippen LogP contribution in [-0.4, -0.2) is 31.3 Å². The summed E-state index contributed by atoms with van der Waals surface area (Å²) in [7, 11) is 0. The van der Waals surface area contributed by atoms with E-state index in [4.69, 9.17) is 10.2 Å². The summed E-state index contributed by atoms with van der Waals surface area (Å²) in [4.78, 5) is 38.5. The molecule has 146 valence electrons. The predicted molar refractivity (Wildman–Crippen MR) is 109 cm³/mol. The van der Waals surface area contributed by atoms with Crippen LogP contribution in [0.5, 0.6) is 0 Å². The summed E-state index contributed by atoms with van der Waals surface area (Å²) in [6.45, 7) is 2.15. The molecule has 0 aliphatic rings. The highest BCUT2D eigenvalue weighted by molar-refractivity contribution is 9.10. The van der Waals surface area contributed by atoms with Crippen LogP contribution in [0, 0.1) is 0 Å². The lowest BCUT2D eigenvalue weighted by atomic mass is 10.2. The molecule has 0 atom stereocenters. The first-order valence-electron chi connectivity index (χ1n) is 8.28. The summed E-state index contributed by atoms with van der Waals surface area (Å²) in [5.74, 6) is -0.500. The second-order valence-corrected chi connectivity index (χ2v) is 7.61. The van der Waals surface area contributed by atoms with E-state index in [1.165, 1.54) is 4.57 Å². The number of hydrogen-bond acceptors (Lipinski definition) is 8. The lowest BCUT2D eigenvalue weighted by molar-refractivity contribution is 0.102. The zero-order valence-corrected chi connectivity index (χ0v) is 17.2. The Labute approximate surface area is 171 Å². The van der Waals surface area contributed by atoms with E-state index in [1.807, 2.05) is 31.2 Å². The average molecular weight is 466 g/mol. The van der Waals surface area contributed by atoms with E-state index in [1.54, 1.807) is 0 Å². The van der Waals surface area contributed by atoms with Crippen LogP contribution < -0.4 is 17.0 Å². The topological polar surface area (TPSA) is 137 Å². The summed E-state index contributed by atoms with van der Waals surface area (Å²) in [6.07, 6.45) is 0.624. The monoisotopic (exact) mass is 465 g/mol. The predicted octanol–water partition coefficient (Wildman–Crippen LogP) is 2.32. The van der Waals surface area contributed by atoms with E-state index in [2.05, 4.69) is 31.1 Å². The molecule has 0 radical (unpaired) electrons. The maximum atomic E-state index is 12.5. The van der Waals surface area contributed by atoms with Crippen molar-refractivity contribution in [2.24, 2.45) is 0 Å². The zero-order valence-electron chi connectivity index (χ0n) is 14.8. The van der Waals surface area contributed by atoms with Crippen molar-refractivity contribution in [1.29, 1.82) is 0 Å². The molecule has 0 saturated carbocycles. The molecule has 2 heterocycles. The minimum absolute atomic E-state index is 0.137. The third kappa shape index (κ3) is 4.25. The molecule has 2 aromatic heterocycles. The van der Waals surface area contributed by atoms with E-state index in [0.29, 0.717) is 18.9 Å². The molecular formula is C17H16BrN5O4S. The third-order valence-electron chi connectivity index (χ3n) is 3.77. The average Bonchev–Trinajstić information content (AvgIpc) is 3.12.